The number of likely N-dealkylation sites (tertiary alicyclic amines) is 1. The fourth-order valence-corrected chi connectivity index (χ4v) is 6.12. The molecule has 2 amide bonds. The summed E-state index contributed by atoms with van der Waals surface area (Å²) in [5.41, 5.74) is 9.75. The zero-order valence-corrected chi connectivity index (χ0v) is 22.2. The van der Waals surface area contributed by atoms with Crippen LogP contribution in [0, 0.1) is 5.92 Å². The van der Waals surface area contributed by atoms with Crippen molar-refractivity contribution >= 4 is 61.3 Å². The lowest BCUT2D eigenvalue weighted by atomic mass is 10.0. The molecule has 1 unspecified atom stereocenters. The number of rotatable bonds is 5. The summed E-state index contributed by atoms with van der Waals surface area (Å²) in [6.45, 7) is 0.0349. The summed E-state index contributed by atoms with van der Waals surface area (Å²) < 4.78 is 2.50. The Morgan fingerprint density at radius 1 is 1.05 bits per heavy atom. The molecule has 39 heavy (non-hydrogen) atoms. The molecular formula is C28H23BrN8O2. The number of piperidine rings is 1. The maximum absolute atomic E-state index is 13.9. The Labute approximate surface area is 231 Å². The Morgan fingerprint density at radius 3 is 2.72 bits per heavy atom. The summed E-state index contributed by atoms with van der Waals surface area (Å²) in [5.74, 6) is 0.792. The highest BCUT2D eigenvalue weighted by atomic mass is 79.9. The Hall–Kier alpha value is -4.38. The molecule has 2 fully saturated rings. The average molecular weight is 583 g/mol. The van der Waals surface area contributed by atoms with Gasteiger partial charge in [-0.2, -0.15) is 0 Å². The predicted octanol–water partition coefficient (Wildman–Crippen LogP) is 4.01. The summed E-state index contributed by atoms with van der Waals surface area (Å²) >= 11 is 3.33. The molecule has 0 bridgehead atoms. The molecule has 11 heteroatoms. The lowest BCUT2D eigenvalue weighted by Gasteiger charge is -2.27. The van der Waals surface area contributed by atoms with Crippen LogP contribution >= 0.6 is 15.9 Å². The molecule has 0 spiro atoms. The molecule has 7 rings (SSSR count). The van der Waals surface area contributed by atoms with Crippen LogP contribution in [0.1, 0.15) is 12.8 Å². The van der Waals surface area contributed by atoms with Crippen LogP contribution in [0.2, 0.25) is 0 Å². The fraction of sp³-hybridized carbons (Fsp3) is 0.214. The molecule has 0 radical (unpaired) electrons. The van der Waals surface area contributed by atoms with E-state index in [0.717, 1.165) is 28.5 Å². The van der Waals surface area contributed by atoms with Gasteiger partial charge in [0.25, 0.3) is 0 Å². The van der Waals surface area contributed by atoms with Crippen molar-refractivity contribution in [3.05, 3.63) is 71.9 Å². The van der Waals surface area contributed by atoms with Gasteiger partial charge < -0.3 is 20.5 Å². The van der Waals surface area contributed by atoms with E-state index in [1.165, 1.54) is 6.33 Å². The number of anilines is 2. The van der Waals surface area contributed by atoms with E-state index in [1.54, 1.807) is 35.5 Å². The quantitative estimate of drug-likeness (QED) is 0.299. The molecule has 5 aromatic rings. The van der Waals surface area contributed by atoms with E-state index in [-0.39, 0.29) is 24.4 Å². The van der Waals surface area contributed by atoms with Gasteiger partial charge in [-0.3, -0.25) is 14.6 Å². The Kier molecular flexibility index (Phi) is 5.55. The molecule has 194 valence electrons. The van der Waals surface area contributed by atoms with Crippen molar-refractivity contribution in [3.8, 4) is 11.1 Å². The first kappa shape index (κ1) is 23.7. The molecule has 1 aliphatic heterocycles. The fourth-order valence-electron chi connectivity index (χ4n) is 5.78. The topological polar surface area (TPSA) is 132 Å². The van der Waals surface area contributed by atoms with Gasteiger partial charge >= 0.3 is 0 Å². The summed E-state index contributed by atoms with van der Waals surface area (Å²) in [6, 6.07) is 14.8. The number of hydrogen-bond donors (Lipinski definition) is 2. The van der Waals surface area contributed by atoms with Crippen LogP contribution in [0.3, 0.4) is 0 Å². The van der Waals surface area contributed by atoms with E-state index in [2.05, 4.69) is 41.2 Å². The number of hydrogen-bond acceptors (Lipinski definition) is 7. The number of nitrogens with zero attached hydrogens (tertiary/aromatic N) is 6. The number of amides is 2. The van der Waals surface area contributed by atoms with Crippen LogP contribution in [0.25, 0.3) is 33.1 Å². The van der Waals surface area contributed by atoms with Gasteiger partial charge in [0.2, 0.25) is 11.8 Å². The number of nitrogen functional groups attached to an aromatic ring is 1. The van der Waals surface area contributed by atoms with Crippen molar-refractivity contribution in [1.82, 2.24) is 29.4 Å². The van der Waals surface area contributed by atoms with Crippen molar-refractivity contribution in [2.24, 2.45) is 5.92 Å². The standard InChI is InChI=1S/C28H23BrN8O2/c29-22-2-1-3-23(34-22)35-28(39)21-12-17-11-20(17)37(21)24(38)13-36-19-5-4-16(15-6-8-31-9-7-15)10-18(19)25-26(30)32-14-33-27(25)36/h1-10,14,17,20-21H,11-13H2,(H2,30,32,33)(H,34,35,39)/t17?,20-,21+/m1/s1. The minimum Gasteiger partial charge on any atom is -0.383 e. The maximum atomic E-state index is 13.9. The number of carbonyl (C=O) groups excluding carboxylic acids is 2. The number of benzene rings is 1. The van der Waals surface area contributed by atoms with E-state index >= 15 is 0 Å². The number of carbonyl (C=O) groups is 2. The Balaban J connectivity index is 1.23. The van der Waals surface area contributed by atoms with Crippen molar-refractivity contribution in [2.75, 3.05) is 11.1 Å². The van der Waals surface area contributed by atoms with Gasteiger partial charge in [-0.25, -0.2) is 15.0 Å². The van der Waals surface area contributed by atoms with Crippen molar-refractivity contribution in [3.63, 3.8) is 0 Å². The predicted molar refractivity (Wildman–Crippen MR) is 150 cm³/mol. The maximum Gasteiger partial charge on any atom is 0.248 e. The number of aromatic nitrogens is 5. The molecule has 3 atom stereocenters. The molecule has 1 saturated carbocycles. The van der Waals surface area contributed by atoms with Gasteiger partial charge in [-0.1, -0.05) is 12.1 Å². The summed E-state index contributed by atoms with van der Waals surface area (Å²) in [5, 5.41) is 4.45. The highest BCUT2D eigenvalue weighted by Gasteiger charge is 2.56. The number of nitrogens with two attached hydrogens (primary N) is 1. The minimum absolute atomic E-state index is 0.0349. The SMILES string of the molecule is Nc1ncnc2c1c1cc(-c3ccncc3)ccc1n2CC(=O)N1[C@@H]2CC2C[C@H]1C(=O)Nc1cccc(Br)n1. The lowest BCUT2D eigenvalue weighted by Crippen LogP contribution is -2.46. The normalized spacial score (nSPS) is 19.8. The van der Waals surface area contributed by atoms with E-state index in [0.29, 0.717) is 39.6 Å². The molecule has 1 saturated heterocycles. The molecule has 2 aliphatic rings. The van der Waals surface area contributed by atoms with E-state index in [9.17, 15) is 9.59 Å². The number of halogens is 1. The highest BCUT2D eigenvalue weighted by molar-refractivity contribution is 9.10. The molecular weight excluding hydrogens is 560 g/mol. The van der Waals surface area contributed by atoms with E-state index < -0.39 is 6.04 Å². The second kappa shape index (κ2) is 9.12. The first-order valence-corrected chi connectivity index (χ1v) is 13.4. The van der Waals surface area contributed by atoms with Gasteiger partial charge in [0, 0.05) is 23.8 Å². The molecule has 1 aromatic carbocycles. The van der Waals surface area contributed by atoms with Crippen LogP contribution in [-0.2, 0) is 16.1 Å². The third kappa shape index (κ3) is 4.09. The second-order valence-corrected chi connectivity index (χ2v) is 10.8. The van der Waals surface area contributed by atoms with Crippen molar-refractivity contribution in [2.45, 2.75) is 31.5 Å². The zero-order valence-electron chi connectivity index (χ0n) is 20.7. The Bertz CT molecular complexity index is 1770. The van der Waals surface area contributed by atoms with E-state index in [1.807, 2.05) is 34.9 Å². The average Bonchev–Trinajstić information content (AvgIpc) is 3.48. The van der Waals surface area contributed by atoms with Crippen LogP contribution in [-0.4, -0.2) is 53.3 Å². The van der Waals surface area contributed by atoms with E-state index in [4.69, 9.17) is 5.73 Å². The third-order valence-corrected chi connectivity index (χ3v) is 8.08. The first-order valence-electron chi connectivity index (χ1n) is 12.7. The van der Waals surface area contributed by atoms with Gasteiger partial charge in [0.05, 0.1) is 10.9 Å². The third-order valence-electron chi connectivity index (χ3n) is 7.64. The van der Waals surface area contributed by atoms with Gasteiger partial charge in [-0.05, 0) is 82.2 Å². The van der Waals surface area contributed by atoms with Crippen molar-refractivity contribution < 1.29 is 9.59 Å². The molecule has 4 aromatic heterocycles. The Morgan fingerprint density at radius 2 is 1.90 bits per heavy atom. The number of pyridine rings is 2. The van der Waals surface area contributed by atoms with Gasteiger partial charge in [-0.15, -0.1) is 0 Å². The van der Waals surface area contributed by atoms with Crippen LogP contribution < -0.4 is 11.1 Å². The van der Waals surface area contributed by atoms with Crippen LogP contribution in [0.5, 0.6) is 0 Å². The number of nitrogens with one attached hydrogen (secondary N) is 1. The highest BCUT2D eigenvalue weighted by Crippen LogP contribution is 2.48. The lowest BCUT2D eigenvalue weighted by molar-refractivity contribution is -0.138. The van der Waals surface area contributed by atoms with Gasteiger partial charge in [0.15, 0.2) is 0 Å². The second-order valence-electron chi connectivity index (χ2n) is 9.96. The van der Waals surface area contributed by atoms with Crippen LogP contribution in [0.4, 0.5) is 11.6 Å². The van der Waals surface area contributed by atoms with Crippen molar-refractivity contribution in [1.29, 1.82) is 0 Å². The largest absolute Gasteiger partial charge is 0.383 e. The summed E-state index contributed by atoms with van der Waals surface area (Å²) in [4.78, 5) is 46.0. The number of fused-ring (bicyclic) bond motifs is 4. The first-order chi connectivity index (χ1) is 19.0. The zero-order chi connectivity index (χ0) is 26.7. The van der Waals surface area contributed by atoms with Gasteiger partial charge in [0.1, 0.15) is 40.8 Å². The molecule has 3 N–H and O–H groups in total. The molecule has 10 nitrogen and oxygen atoms in total. The minimum atomic E-state index is -0.548. The monoisotopic (exact) mass is 582 g/mol. The van der Waals surface area contributed by atoms with Crippen LogP contribution in [0.15, 0.2) is 71.9 Å². The smallest absolute Gasteiger partial charge is 0.248 e. The molecule has 1 aliphatic carbocycles. The summed E-state index contributed by atoms with van der Waals surface area (Å²) in [6.07, 6.45) is 6.48. The summed E-state index contributed by atoms with van der Waals surface area (Å²) in [7, 11) is 0. The molecule has 5 heterocycles.